The molecule has 1 aliphatic heterocycles. The molecule has 0 aromatic carbocycles. The first kappa shape index (κ1) is 7.03. The van der Waals surface area contributed by atoms with E-state index in [4.69, 9.17) is 0 Å². The quantitative estimate of drug-likeness (QED) is 0.555. The molecule has 2 heteroatoms. The summed E-state index contributed by atoms with van der Waals surface area (Å²) >= 11 is 0. The Hall–Kier alpha value is -0.0800. The molecule has 1 saturated heterocycles. The van der Waals surface area contributed by atoms with Crippen molar-refractivity contribution in [3.63, 3.8) is 0 Å². The summed E-state index contributed by atoms with van der Waals surface area (Å²) in [6.07, 6.45) is 1.34. The van der Waals surface area contributed by atoms with E-state index in [1.165, 1.54) is 19.5 Å². The van der Waals surface area contributed by atoms with E-state index < -0.39 is 0 Å². The van der Waals surface area contributed by atoms with Crippen LogP contribution in [0.5, 0.6) is 0 Å². The lowest BCUT2D eigenvalue weighted by molar-refractivity contribution is 0.425. The summed E-state index contributed by atoms with van der Waals surface area (Å²) in [6, 6.07) is 0.681. The third-order valence-corrected chi connectivity index (χ3v) is 2.26. The molecule has 1 aliphatic rings. The van der Waals surface area contributed by atoms with Crippen molar-refractivity contribution in [2.45, 2.75) is 19.4 Å². The summed E-state index contributed by atoms with van der Waals surface area (Å²) in [4.78, 5) is 0. The van der Waals surface area contributed by atoms with Crippen molar-refractivity contribution in [3.8, 4) is 0 Å². The molecule has 2 nitrogen and oxygen atoms in total. The number of hydrogen-bond acceptors (Lipinski definition) is 2. The SMILES string of the molecule is CN[C@H](C)C1CCNC1. The highest BCUT2D eigenvalue weighted by molar-refractivity contribution is 4.78. The van der Waals surface area contributed by atoms with E-state index in [-0.39, 0.29) is 0 Å². The van der Waals surface area contributed by atoms with Crippen LogP contribution in [0.4, 0.5) is 0 Å². The summed E-state index contributed by atoms with van der Waals surface area (Å²) in [5.74, 6) is 0.856. The second-order valence-corrected chi connectivity index (χ2v) is 2.83. The zero-order valence-electron chi connectivity index (χ0n) is 6.28. The van der Waals surface area contributed by atoms with Gasteiger partial charge in [-0.15, -0.1) is 0 Å². The van der Waals surface area contributed by atoms with Crippen LogP contribution in [-0.2, 0) is 0 Å². The van der Waals surface area contributed by atoms with Crippen LogP contribution < -0.4 is 10.6 Å². The third-order valence-electron chi connectivity index (χ3n) is 2.26. The van der Waals surface area contributed by atoms with Gasteiger partial charge in [0, 0.05) is 6.04 Å². The van der Waals surface area contributed by atoms with Gasteiger partial charge in [0.25, 0.3) is 0 Å². The van der Waals surface area contributed by atoms with Crippen molar-refractivity contribution in [2.75, 3.05) is 20.1 Å². The van der Waals surface area contributed by atoms with Gasteiger partial charge in [-0.25, -0.2) is 0 Å². The van der Waals surface area contributed by atoms with E-state index in [9.17, 15) is 0 Å². The normalized spacial score (nSPS) is 30.7. The average molecular weight is 128 g/mol. The minimum absolute atomic E-state index is 0.681. The summed E-state index contributed by atoms with van der Waals surface area (Å²) in [7, 11) is 2.03. The highest BCUT2D eigenvalue weighted by atomic mass is 14.9. The van der Waals surface area contributed by atoms with Gasteiger partial charge in [0.1, 0.15) is 0 Å². The molecular formula is C7H16N2. The first-order valence-electron chi connectivity index (χ1n) is 3.72. The molecule has 0 amide bonds. The summed E-state index contributed by atoms with van der Waals surface area (Å²) in [6.45, 7) is 4.65. The van der Waals surface area contributed by atoms with Crippen molar-refractivity contribution >= 4 is 0 Å². The van der Waals surface area contributed by atoms with Crippen LogP contribution in [0.15, 0.2) is 0 Å². The Kier molecular flexibility index (Phi) is 2.49. The molecule has 0 bridgehead atoms. The highest BCUT2D eigenvalue weighted by Gasteiger charge is 2.18. The minimum Gasteiger partial charge on any atom is -0.317 e. The Morgan fingerprint density at radius 1 is 1.67 bits per heavy atom. The number of hydrogen-bond donors (Lipinski definition) is 2. The topological polar surface area (TPSA) is 24.1 Å². The molecule has 1 unspecified atom stereocenters. The first-order chi connectivity index (χ1) is 4.34. The van der Waals surface area contributed by atoms with Gasteiger partial charge in [-0.05, 0) is 39.4 Å². The van der Waals surface area contributed by atoms with Crippen LogP contribution in [-0.4, -0.2) is 26.2 Å². The minimum atomic E-state index is 0.681. The lowest BCUT2D eigenvalue weighted by Gasteiger charge is -2.16. The molecule has 1 rings (SSSR count). The van der Waals surface area contributed by atoms with Crippen LogP contribution in [0.25, 0.3) is 0 Å². The van der Waals surface area contributed by atoms with Crippen molar-refractivity contribution in [1.29, 1.82) is 0 Å². The monoisotopic (exact) mass is 128 g/mol. The van der Waals surface area contributed by atoms with E-state index in [1.54, 1.807) is 0 Å². The van der Waals surface area contributed by atoms with Gasteiger partial charge in [-0.2, -0.15) is 0 Å². The molecule has 1 fully saturated rings. The van der Waals surface area contributed by atoms with Crippen LogP contribution in [0, 0.1) is 5.92 Å². The summed E-state index contributed by atoms with van der Waals surface area (Å²) < 4.78 is 0. The van der Waals surface area contributed by atoms with Gasteiger partial charge in [-0.3, -0.25) is 0 Å². The fourth-order valence-corrected chi connectivity index (χ4v) is 1.34. The lowest BCUT2D eigenvalue weighted by atomic mass is 10.0. The first-order valence-corrected chi connectivity index (χ1v) is 3.72. The molecule has 0 radical (unpaired) electrons. The molecule has 0 aromatic heterocycles. The van der Waals surface area contributed by atoms with Gasteiger partial charge in [0.05, 0.1) is 0 Å². The number of nitrogens with one attached hydrogen (secondary N) is 2. The Bertz CT molecular complexity index is 77.0. The van der Waals surface area contributed by atoms with Gasteiger partial charge in [0.2, 0.25) is 0 Å². The Balaban J connectivity index is 2.24. The van der Waals surface area contributed by atoms with Crippen molar-refractivity contribution < 1.29 is 0 Å². The summed E-state index contributed by atoms with van der Waals surface area (Å²) in [5, 5.41) is 6.61. The fraction of sp³-hybridized carbons (Fsp3) is 1.00. The van der Waals surface area contributed by atoms with E-state index in [2.05, 4.69) is 17.6 Å². The van der Waals surface area contributed by atoms with Gasteiger partial charge in [0.15, 0.2) is 0 Å². The van der Waals surface area contributed by atoms with Crippen LogP contribution in [0.1, 0.15) is 13.3 Å². The maximum Gasteiger partial charge on any atom is 0.00765 e. The van der Waals surface area contributed by atoms with Gasteiger partial charge < -0.3 is 10.6 Å². The van der Waals surface area contributed by atoms with Crippen LogP contribution in [0.2, 0.25) is 0 Å². The zero-order valence-corrected chi connectivity index (χ0v) is 6.28. The van der Waals surface area contributed by atoms with Gasteiger partial charge in [-0.1, -0.05) is 0 Å². The Morgan fingerprint density at radius 2 is 2.44 bits per heavy atom. The van der Waals surface area contributed by atoms with Crippen LogP contribution >= 0.6 is 0 Å². The maximum absolute atomic E-state index is 3.35. The van der Waals surface area contributed by atoms with E-state index in [0.29, 0.717) is 6.04 Å². The average Bonchev–Trinajstić information content (AvgIpc) is 2.37. The van der Waals surface area contributed by atoms with Gasteiger partial charge >= 0.3 is 0 Å². The van der Waals surface area contributed by atoms with Crippen molar-refractivity contribution in [3.05, 3.63) is 0 Å². The second-order valence-electron chi connectivity index (χ2n) is 2.83. The van der Waals surface area contributed by atoms with E-state index in [0.717, 1.165) is 5.92 Å². The predicted octanol–water partition coefficient (Wildman–Crippen LogP) is 0.204. The molecule has 9 heavy (non-hydrogen) atoms. The van der Waals surface area contributed by atoms with E-state index >= 15 is 0 Å². The number of rotatable bonds is 2. The standard InChI is InChI=1S/C7H16N2/c1-6(8-2)7-3-4-9-5-7/h6-9H,3-5H2,1-2H3/t6-,7?/m1/s1. The molecule has 54 valence electrons. The molecule has 0 aromatic rings. The smallest absolute Gasteiger partial charge is 0.00765 e. The molecular weight excluding hydrogens is 112 g/mol. The fourth-order valence-electron chi connectivity index (χ4n) is 1.34. The molecule has 2 atom stereocenters. The predicted molar refractivity (Wildman–Crippen MR) is 39.5 cm³/mol. The Morgan fingerprint density at radius 3 is 2.89 bits per heavy atom. The molecule has 0 aliphatic carbocycles. The largest absolute Gasteiger partial charge is 0.317 e. The third kappa shape index (κ3) is 1.66. The van der Waals surface area contributed by atoms with Crippen molar-refractivity contribution in [2.24, 2.45) is 5.92 Å². The molecule has 0 saturated carbocycles. The molecule has 0 spiro atoms. The molecule has 2 N–H and O–H groups in total. The Labute approximate surface area is 57.0 Å². The highest BCUT2D eigenvalue weighted by Crippen LogP contribution is 2.11. The van der Waals surface area contributed by atoms with Crippen LogP contribution in [0.3, 0.4) is 0 Å². The lowest BCUT2D eigenvalue weighted by Crippen LogP contribution is -2.31. The zero-order chi connectivity index (χ0) is 6.69. The van der Waals surface area contributed by atoms with Crippen molar-refractivity contribution in [1.82, 2.24) is 10.6 Å². The van der Waals surface area contributed by atoms with E-state index in [1.807, 2.05) is 7.05 Å². The second kappa shape index (κ2) is 3.18. The summed E-state index contributed by atoms with van der Waals surface area (Å²) in [5.41, 5.74) is 0. The molecule has 1 heterocycles. The maximum atomic E-state index is 3.35.